The van der Waals surface area contributed by atoms with E-state index in [0.717, 1.165) is 19.6 Å². The third-order valence-electron chi connectivity index (χ3n) is 4.11. The molecule has 0 aromatic rings. The molecular weight excluding hydrogens is 260 g/mol. The van der Waals surface area contributed by atoms with E-state index in [4.69, 9.17) is 9.47 Å². The molecule has 0 saturated carbocycles. The number of ether oxygens (including phenoxy) is 2. The van der Waals surface area contributed by atoms with E-state index in [0.29, 0.717) is 0 Å². The van der Waals surface area contributed by atoms with E-state index in [-0.39, 0.29) is 6.29 Å². The molecule has 2 heteroatoms. The zero-order valence-corrected chi connectivity index (χ0v) is 14.2. The summed E-state index contributed by atoms with van der Waals surface area (Å²) in [5.74, 6) is 0. The molecule has 0 aromatic carbocycles. The Hall–Kier alpha value is -0.340. The van der Waals surface area contributed by atoms with Crippen molar-refractivity contribution in [3.8, 4) is 0 Å². The van der Waals surface area contributed by atoms with Gasteiger partial charge >= 0.3 is 0 Å². The van der Waals surface area contributed by atoms with Gasteiger partial charge in [-0.05, 0) is 44.9 Å². The molecule has 1 saturated heterocycles. The predicted molar refractivity (Wildman–Crippen MR) is 90.5 cm³/mol. The quantitative estimate of drug-likeness (QED) is 0.306. The maximum Gasteiger partial charge on any atom is 0.157 e. The first-order chi connectivity index (χ1) is 10.4. The average molecular weight is 296 g/mol. The fourth-order valence-electron chi connectivity index (χ4n) is 2.77. The Labute approximate surface area is 132 Å². The average Bonchev–Trinajstić information content (AvgIpc) is 2.53. The Morgan fingerprint density at radius 2 is 1.62 bits per heavy atom. The van der Waals surface area contributed by atoms with E-state index >= 15 is 0 Å². The maximum atomic E-state index is 5.75. The van der Waals surface area contributed by atoms with Crippen molar-refractivity contribution in [3.05, 3.63) is 12.2 Å². The molecule has 124 valence electrons. The van der Waals surface area contributed by atoms with Crippen LogP contribution >= 0.6 is 0 Å². The summed E-state index contributed by atoms with van der Waals surface area (Å²) in [6.07, 6.45) is 21.6. The van der Waals surface area contributed by atoms with Crippen LogP contribution in [-0.4, -0.2) is 19.5 Å². The van der Waals surface area contributed by atoms with Crippen molar-refractivity contribution < 1.29 is 9.47 Å². The van der Waals surface area contributed by atoms with Crippen LogP contribution in [0.2, 0.25) is 0 Å². The number of rotatable bonds is 13. The standard InChI is InChI=1S/C19H36O2/c1-2-3-4-5-6-7-8-9-10-11-12-14-17-20-19-16-13-15-18-21-19/h3-4,19H,2,5-18H2,1H3/b4-3-. The fourth-order valence-corrected chi connectivity index (χ4v) is 2.77. The lowest BCUT2D eigenvalue weighted by atomic mass is 10.1. The minimum absolute atomic E-state index is 0.0977. The van der Waals surface area contributed by atoms with E-state index in [1.54, 1.807) is 0 Å². The van der Waals surface area contributed by atoms with Crippen LogP contribution in [0.3, 0.4) is 0 Å². The Morgan fingerprint density at radius 3 is 2.29 bits per heavy atom. The van der Waals surface area contributed by atoms with Gasteiger partial charge in [0, 0.05) is 13.2 Å². The molecule has 1 aliphatic heterocycles. The molecular formula is C19H36O2. The largest absolute Gasteiger partial charge is 0.353 e. The van der Waals surface area contributed by atoms with Gasteiger partial charge in [-0.15, -0.1) is 0 Å². The molecule has 2 nitrogen and oxygen atoms in total. The van der Waals surface area contributed by atoms with Crippen molar-refractivity contribution >= 4 is 0 Å². The summed E-state index contributed by atoms with van der Waals surface area (Å²) in [6, 6.07) is 0. The van der Waals surface area contributed by atoms with E-state index in [2.05, 4.69) is 19.1 Å². The normalized spacial score (nSPS) is 19.4. The molecule has 0 spiro atoms. The minimum atomic E-state index is 0.0977. The number of hydrogen-bond donors (Lipinski definition) is 0. The molecule has 0 amide bonds. The second-order valence-electron chi connectivity index (χ2n) is 6.16. The lowest BCUT2D eigenvalue weighted by molar-refractivity contribution is -0.162. The van der Waals surface area contributed by atoms with Gasteiger partial charge in [0.25, 0.3) is 0 Å². The van der Waals surface area contributed by atoms with Crippen LogP contribution < -0.4 is 0 Å². The highest BCUT2D eigenvalue weighted by molar-refractivity contribution is 4.79. The summed E-state index contributed by atoms with van der Waals surface area (Å²) in [4.78, 5) is 0. The fraction of sp³-hybridized carbons (Fsp3) is 0.895. The van der Waals surface area contributed by atoms with Gasteiger partial charge in [-0.1, -0.05) is 57.6 Å². The molecule has 1 atom stereocenters. The molecule has 0 aromatic heterocycles. The third-order valence-corrected chi connectivity index (χ3v) is 4.11. The second-order valence-corrected chi connectivity index (χ2v) is 6.16. The summed E-state index contributed by atoms with van der Waals surface area (Å²) in [5.41, 5.74) is 0. The summed E-state index contributed by atoms with van der Waals surface area (Å²) in [6.45, 7) is 3.97. The highest BCUT2D eigenvalue weighted by atomic mass is 16.7. The Balaban J connectivity index is 1.71. The summed E-state index contributed by atoms with van der Waals surface area (Å²) in [5, 5.41) is 0. The molecule has 1 aliphatic rings. The summed E-state index contributed by atoms with van der Waals surface area (Å²) < 4.78 is 11.3. The van der Waals surface area contributed by atoms with Crippen molar-refractivity contribution in [2.24, 2.45) is 0 Å². The van der Waals surface area contributed by atoms with E-state index in [1.165, 1.54) is 77.0 Å². The highest BCUT2D eigenvalue weighted by Crippen LogP contribution is 2.15. The van der Waals surface area contributed by atoms with Gasteiger partial charge in [-0.2, -0.15) is 0 Å². The molecule has 0 radical (unpaired) electrons. The van der Waals surface area contributed by atoms with Gasteiger partial charge in [0.2, 0.25) is 0 Å². The van der Waals surface area contributed by atoms with Gasteiger partial charge in [-0.3, -0.25) is 0 Å². The van der Waals surface area contributed by atoms with Gasteiger partial charge in [0.15, 0.2) is 6.29 Å². The van der Waals surface area contributed by atoms with Crippen LogP contribution in [0.15, 0.2) is 12.2 Å². The van der Waals surface area contributed by atoms with Crippen LogP contribution in [-0.2, 0) is 9.47 Å². The minimum Gasteiger partial charge on any atom is -0.353 e. The molecule has 0 bridgehead atoms. The van der Waals surface area contributed by atoms with Crippen molar-refractivity contribution in [3.63, 3.8) is 0 Å². The zero-order chi connectivity index (χ0) is 15.0. The first kappa shape index (κ1) is 18.7. The molecule has 1 heterocycles. The van der Waals surface area contributed by atoms with Crippen LogP contribution in [0.4, 0.5) is 0 Å². The van der Waals surface area contributed by atoms with Gasteiger partial charge in [-0.25, -0.2) is 0 Å². The first-order valence-electron chi connectivity index (χ1n) is 9.31. The zero-order valence-electron chi connectivity index (χ0n) is 14.2. The molecule has 1 fully saturated rings. The SMILES string of the molecule is CC/C=C\CCCCCCCCCCOC1CCCCO1. The lowest BCUT2D eigenvalue weighted by Crippen LogP contribution is -2.22. The highest BCUT2D eigenvalue weighted by Gasteiger charge is 2.13. The predicted octanol–water partition coefficient (Wildman–Crippen LogP) is 6.01. The Morgan fingerprint density at radius 1 is 0.905 bits per heavy atom. The smallest absolute Gasteiger partial charge is 0.157 e. The van der Waals surface area contributed by atoms with Crippen molar-refractivity contribution in [1.82, 2.24) is 0 Å². The lowest BCUT2D eigenvalue weighted by Gasteiger charge is -2.22. The number of unbranched alkanes of at least 4 members (excludes halogenated alkanes) is 8. The van der Waals surface area contributed by atoms with Crippen molar-refractivity contribution in [2.45, 2.75) is 96.7 Å². The Bertz CT molecular complexity index is 232. The van der Waals surface area contributed by atoms with Crippen LogP contribution in [0.25, 0.3) is 0 Å². The monoisotopic (exact) mass is 296 g/mol. The van der Waals surface area contributed by atoms with E-state index in [1.807, 2.05) is 0 Å². The van der Waals surface area contributed by atoms with Gasteiger partial charge < -0.3 is 9.47 Å². The molecule has 0 N–H and O–H groups in total. The molecule has 0 aliphatic carbocycles. The number of hydrogen-bond acceptors (Lipinski definition) is 2. The van der Waals surface area contributed by atoms with E-state index < -0.39 is 0 Å². The maximum absolute atomic E-state index is 5.75. The third kappa shape index (κ3) is 11.9. The van der Waals surface area contributed by atoms with Crippen molar-refractivity contribution in [2.75, 3.05) is 13.2 Å². The Kier molecular flexibility index (Phi) is 13.0. The molecule has 1 rings (SSSR count). The first-order valence-corrected chi connectivity index (χ1v) is 9.31. The van der Waals surface area contributed by atoms with E-state index in [9.17, 15) is 0 Å². The van der Waals surface area contributed by atoms with Crippen LogP contribution in [0.1, 0.15) is 90.4 Å². The van der Waals surface area contributed by atoms with Crippen molar-refractivity contribution in [1.29, 1.82) is 0 Å². The van der Waals surface area contributed by atoms with Gasteiger partial charge in [0.05, 0.1) is 0 Å². The van der Waals surface area contributed by atoms with Gasteiger partial charge in [0.1, 0.15) is 0 Å². The second kappa shape index (κ2) is 14.6. The number of allylic oxidation sites excluding steroid dienone is 2. The molecule has 21 heavy (non-hydrogen) atoms. The summed E-state index contributed by atoms with van der Waals surface area (Å²) >= 11 is 0. The van der Waals surface area contributed by atoms with Crippen LogP contribution in [0, 0.1) is 0 Å². The topological polar surface area (TPSA) is 18.5 Å². The van der Waals surface area contributed by atoms with Crippen LogP contribution in [0.5, 0.6) is 0 Å². The summed E-state index contributed by atoms with van der Waals surface area (Å²) in [7, 11) is 0. The molecule has 1 unspecified atom stereocenters.